The van der Waals surface area contributed by atoms with Crippen LogP contribution < -0.4 is 11.2 Å². The van der Waals surface area contributed by atoms with E-state index in [1.54, 1.807) is 11.5 Å². The predicted octanol–water partition coefficient (Wildman–Crippen LogP) is -0.0965. The molecule has 0 unspecified atom stereocenters. The van der Waals surface area contributed by atoms with Gasteiger partial charge in [0.2, 0.25) is 0 Å². The molecular formula is C8H8N4O2. The lowest BCUT2D eigenvalue weighted by atomic mass is 10.5. The molecule has 14 heavy (non-hydrogen) atoms. The van der Waals surface area contributed by atoms with Gasteiger partial charge in [0.25, 0.3) is 5.56 Å². The van der Waals surface area contributed by atoms with E-state index in [4.69, 9.17) is 0 Å². The normalized spacial score (nSPS) is 10.6. The van der Waals surface area contributed by atoms with Crippen LogP contribution in [-0.4, -0.2) is 19.5 Å². The molecule has 0 radical (unpaired) electrons. The summed E-state index contributed by atoms with van der Waals surface area (Å²) in [6.07, 6.45) is 1.44. The topological polar surface area (TPSA) is 83.5 Å². The van der Waals surface area contributed by atoms with Crippen molar-refractivity contribution in [2.45, 2.75) is 6.92 Å². The van der Waals surface area contributed by atoms with Crippen LogP contribution in [-0.2, 0) is 0 Å². The number of hydrogen-bond donors (Lipinski definition) is 2. The summed E-state index contributed by atoms with van der Waals surface area (Å²) in [4.78, 5) is 30.7. The molecule has 6 nitrogen and oxygen atoms in total. The first-order chi connectivity index (χ1) is 6.59. The molecule has 2 rings (SSSR count). The maximum absolute atomic E-state index is 11.3. The Morgan fingerprint density at radius 3 is 2.86 bits per heavy atom. The number of allylic oxidation sites excluding steroid dienone is 1. The van der Waals surface area contributed by atoms with Gasteiger partial charge in [-0.25, -0.2) is 9.78 Å². The van der Waals surface area contributed by atoms with Gasteiger partial charge in [0, 0.05) is 5.70 Å². The molecule has 2 heterocycles. The van der Waals surface area contributed by atoms with E-state index in [1.807, 2.05) is 0 Å². The Hall–Kier alpha value is -2.11. The van der Waals surface area contributed by atoms with Gasteiger partial charge in [-0.05, 0) is 6.92 Å². The van der Waals surface area contributed by atoms with E-state index in [1.165, 1.54) is 6.33 Å². The summed E-state index contributed by atoms with van der Waals surface area (Å²) >= 11 is 0. The average molecular weight is 192 g/mol. The third kappa shape index (κ3) is 1.08. The molecule has 0 bridgehead atoms. The fourth-order valence-corrected chi connectivity index (χ4v) is 1.22. The molecule has 0 aliphatic rings. The summed E-state index contributed by atoms with van der Waals surface area (Å²) < 4.78 is 1.55. The Morgan fingerprint density at radius 2 is 2.21 bits per heavy atom. The van der Waals surface area contributed by atoms with Gasteiger partial charge in [0.05, 0.1) is 0 Å². The van der Waals surface area contributed by atoms with Crippen molar-refractivity contribution < 1.29 is 0 Å². The quantitative estimate of drug-likeness (QED) is 0.662. The highest BCUT2D eigenvalue weighted by atomic mass is 16.2. The minimum atomic E-state index is -0.550. The number of rotatable bonds is 1. The van der Waals surface area contributed by atoms with E-state index < -0.39 is 11.2 Å². The summed E-state index contributed by atoms with van der Waals surface area (Å²) in [7, 11) is 0. The number of nitrogens with zero attached hydrogens (tertiary/aromatic N) is 2. The molecule has 2 aromatic rings. The highest BCUT2D eigenvalue weighted by Gasteiger charge is 2.07. The van der Waals surface area contributed by atoms with Gasteiger partial charge in [-0.15, -0.1) is 0 Å². The highest BCUT2D eigenvalue weighted by molar-refractivity contribution is 5.72. The monoisotopic (exact) mass is 192 g/mol. The summed E-state index contributed by atoms with van der Waals surface area (Å²) in [5, 5.41) is 0. The Kier molecular flexibility index (Phi) is 1.63. The standard InChI is InChI=1S/C8H8N4O2/c1-4(2)12-3-9-5-6(12)10-8(14)11-7(5)13/h3H,1H2,2H3,(H2,10,11,13,14). The minimum absolute atomic E-state index is 0.201. The molecule has 0 saturated carbocycles. The number of aromatic amines is 2. The lowest BCUT2D eigenvalue weighted by molar-refractivity contribution is 1.03. The van der Waals surface area contributed by atoms with E-state index in [0.29, 0.717) is 11.3 Å². The SMILES string of the molecule is C=C(C)n1cnc2c(=O)[nH]c(=O)[nH]c21. The van der Waals surface area contributed by atoms with Crippen LogP contribution in [0.3, 0.4) is 0 Å². The van der Waals surface area contributed by atoms with Crippen molar-refractivity contribution in [1.29, 1.82) is 0 Å². The van der Waals surface area contributed by atoms with Crippen LogP contribution in [0.2, 0.25) is 0 Å². The van der Waals surface area contributed by atoms with Gasteiger partial charge in [-0.3, -0.25) is 19.3 Å². The molecule has 0 amide bonds. The molecule has 0 saturated heterocycles. The molecule has 2 N–H and O–H groups in total. The fourth-order valence-electron chi connectivity index (χ4n) is 1.22. The fraction of sp³-hybridized carbons (Fsp3) is 0.125. The zero-order valence-electron chi connectivity index (χ0n) is 7.50. The largest absolute Gasteiger partial charge is 0.327 e. The lowest BCUT2D eigenvalue weighted by Crippen LogP contribution is -2.22. The number of H-pyrrole nitrogens is 2. The number of nitrogens with one attached hydrogen (secondary N) is 2. The molecule has 0 atom stereocenters. The molecule has 0 aliphatic heterocycles. The van der Waals surface area contributed by atoms with Gasteiger partial charge in [-0.1, -0.05) is 6.58 Å². The predicted molar refractivity (Wildman–Crippen MR) is 52.0 cm³/mol. The van der Waals surface area contributed by atoms with Crippen LogP contribution in [0.1, 0.15) is 6.92 Å². The highest BCUT2D eigenvalue weighted by Crippen LogP contribution is 2.07. The Balaban J connectivity index is 3.00. The maximum atomic E-state index is 11.3. The summed E-state index contributed by atoms with van der Waals surface area (Å²) in [5.41, 5.74) is 0.196. The van der Waals surface area contributed by atoms with Crippen LogP contribution >= 0.6 is 0 Å². The Bertz CT molecular complexity index is 616. The van der Waals surface area contributed by atoms with Crippen molar-refractivity contribution in [2.24, 2.45) is 0 Å². The van der Waals surface area contributed by atoms with Crippen molar-refractivity contribution in [2.75, 3.05) is 0 Å². The van der Waals surface area contributed by atoms with Crippen molar-refractivity contribution >= 4 is 16.9 Å². The van der Waals surface area contributed by atoms with E-state index >= 15 is 0 Å². The summed E-state index contributed by atoms with van der Waals surface area (Å²) in [6, 6.07) is 0. The molecule has 2 aromatic heterocycles. The second-order valence-electron chi connectivity index (χ2n) is 2.96. The average Bonchev–Trinajstić information content (AvgIpc) is 2.47. The molecule has 0 aliphatic carbocycles. The van der Waals surface area contributed by atoms with Gasteiger partial charge in [0.15, 0.2) is 11.2 Å². The Morgan fingerprint density at radius 1 is 1.50 bits per heavy atom. The van der Waals surface area contributed by atoms with Crippen LogP contribution in [0.15, 0.2) is 22.5 Å². The van der Waals surface area contributed by atoms with Gasteiger partial charge in [-0.2, -0.15) is 0 Å². The number of aromatic nitrogens is 4. The summed E-state index contributed by atoms with van der Waals surface area (Å²) in [5.74, 6) is 0. The third-order valence-electron chi connectivity index (χ3n) is 1.85. The van der Waals surface area contributed by atoms with Crippen molar-refractivity contribution in [3.8, 4) is 0 Å². The van der Waals surface area contributed by atoms with Gasteiger partial charge < -0.3 is 0 Å². The molecule has 0 spiro atoms. The second kappa shape index (κ2) is 2.69. The van der Waals surface area contributed by atoms with Crippen LogP contribution in [0, 0.1) is 0 Å². The molecule has 6 heteroatoms. The van der Waals surface area contributed by atoms with E-state index in [2.05, 4.69) is 21.5 Å². The van der Waals surface area contributed by atoms with E-state index in [9.17, 15) is 9.59 Å². The molecular weight excluding hydrogens is 184 g/mol. The first kappa shape index (κ1) is 8.49. The zero-order valence-corrected chi connectivity index (χ0v) is 7.50. The van der Waals surface area contributed by atoms with Crippen molar-refractivity contribution in [3.63, 3.8) is 0 Å². The first-order valence-corrected chi connectivity index (χ1v) is 3.95. The number of imidazole rings is 1. The van der Waals surface area contributed by atoms with Crippen LogP contribution in [0.5, 0.6) is 0 Å². The number of fused-ring (bicyclic) bond motifs is 1. The lowest BCUT2D eigenvalue weighted by Gasteiger charge is -1.99. The first-order valence-electron chi connectivity index (χ1n) is 3.95. The Labute approximate surface area is 77.9 Å². The van der Waals surface area contributed by atoms with Crippen molar-refractivity contribution in [1.82, 2.24) is 19.5 Å². The van der Waals surface area contributed by atoms with E-state index in [0.717, 1.165) is 0 Å². The second-order valence-corrected chi connectivity index (χ2v) is 2.96. The molecule has 0 aromatic carbocycles. The van der Waals surface area contributed by atoms with E-state index in [-0.39, 0.29) is 5.52 Å². The van der Waals surface area contributed by atoms with Crippen LogP contribution in [0.25, 0.3) is 16.9 Å². The zero-order chi connectivity index (χ0) is 10.3. The third-order valence-corrected chi connectivity index (χ3v) is 1.85. The van der Waals surface area contributed by atoms with Gasteiger partial charge in [0.1, 0.15) is 6.33 Å². The van der Waals surface area contributed by atoms with Gasteiger partial charge >= 0.3 is 5.69 Å². The molecule has 72 valence electrons. The smallest absolute Gasteiger partial charge is 0.291 e. The maximum Gasteiger partial charge on any atom is 0.327 e. The number of hydrogen-bond acceptors (Lipinski definition) is 3. The van der Waals surface area contributed by atoms with Crippen molar-refractivity contribution in [3.05, 3.63) is 33.7 Å². The minimum Gasteiger partial charge on any atom is -0.291 e. The molecule has 0 fully saturated rings. The summed E-state index contributed by atoms with van der Waals surface area (Å²) in [6.45, 7) is 5.45. The van der Waals surface area contributed by atoms with Crippen LogP contribution in [0.4, 0.5) is 0 Å².